The lowest BCUT2D eigenvalue weighted by Gasteiger charge is -2.60. The average Bonchev–Trinajstić information content (AvgIpc) is 3.59. The Morgan fingerprint density at radius 3 is 2.63 bits per heavy atom. The van der Waals surface area contributed by atoms with Crippen molar-refractivity contribution in [1.29, 1.82) is 5.41 Å². The molecule has 5 aliphatic carbocycles. The number of quaternary nitrogens is 1. The molecule has 6 nitrogen and oxygen atoms in total. The minimum atomic E-state index is -1.45. The first kappa shape index (κ1) is 28.7. The van der Waals surface area contributed by atoms with E-state index in [2.05, 4.69) is 13.0 Å². The van der Waals surface area contributed by atoms with Gasteiger partial charge in [-0.1, -0.05) is 26.3 Å². The van der Waals surface area contributed by atoms with Gasteiger partial charge in [-0.3, -0.25) is 14.9 Å². The van der Waals surface area contributed by atoms with Crippen LogP contribution in [0.4, 0.5) is 14.5 Å². The SMILES string of the molecule is CCC(=O)O[C@]1(C(=O)SCF)CCC2C34CCC5=CC([NH2+]c6ccc(F)cc6)=C(C=N)C[C@]5(C)C3(C4)[C@@H](O)C[C@@]21C. The molecule has 0 heterocycles. The molecule has 220 valence electrons. The molecule has 7 atom stereocenters. The number of nitrogens with one attached hydrogen (secondary N) is 1. The molecule has 1 aromatic rings. The van der Waals surface area contributed by atoms with E-state index in [4.69, 9.17) is 10.1 Å². The fourth-order valence-corrected chi connectivity index (χ4v) is 10.8. The second kappa shape index (κ2) is 9.58. The largest absolute Gasteiger partial charge is 0.449 e. The van der Waals surface area contributed by atoms with Crippen LogP contribution in [0.2, 0.25) is 0 Å². The zero-order valence-electron chi connectivity index (χ0n) is 23.9. The molecular weight excluding hydrogens is 546 g/mol. The molecule has 0 spiro atoms. The molecule has 6 rings (SSSR count). The summed E-state index contributed by atoms with van der Waals surface area (Å²) in [7, 11) is 0. The van der Waals surface area contributed by atoms with Crippen molar-refractivity contribution < 1.29 is 33.5 Å². The molecular formula is C32H39F2N2O4S+. The quantitative estimate of drug-likeness (QED) is 0.223. The smallest absolute Gasteiger partial charge is 0.306 e. The van der Waals surface area contributed by atoms with E-state index in [1.807, 2.05) is 12.2 Å². The number of thioether (sulfide) groups is 1. The number of aliphatic hydroxyl groups excluding tert-OH is 1. The van der Waals surface area contributed by atoms with Gasteiger partial charge in [-0.15, -0.1) is 0 Å². The van der Waals surface area contributed by atoms with E-state index < -0.39 is 39.6 Å². The van der Waals surface area contributed by atoms with Crippen molar-refractivity contribution in [2.24, 2.45) is 27.6 Å². The number of hydrogen-bond donors (Lipinski definition) is 3. The summed E-state index contributed by atoms with van der Waals surface area (Å²) in [6.45, 7) is 5.90. The lowest BCUT2D eigenvalue weighted by atomic mass is 9.45. The fourth-order valence-electron chi connectivity index (χ4n) is 10.1. The van der Waals surface area contributed by atoms with Crippen LogP contribution in [0.3, 0.4) is 0 Å². The van der Waals surface area contributed by atoms with E-state index in [1.54, 1.807) is 19.1 Å². The maximum absolute atomic E-state index is 13.5. The van der Waals surface area contributed by atoms with Crippen LogP contribution in [0.1, 0.15) is 72.1 Å². The van der Waals surface area contributed by atoms with Crippen LogP contribution in [0, 0.1) is 38.8 Å². The number of rotatable bonds is 7. The van der Waals surface area contributed by atoms with Crippen molar-refractivity contribution in [2.75, 3.05) is 6.01 Å². The second-order valence-electron chi connectivity index (χ2n) is 13.2. The number of esters is 1. The van der Waals surface area contributed by atoms with Gasteiger partial charge in [-0.05, 0) is 86.2 Å². The van der Waals surface area contributed by atoms with Crippen LogP contribution in [-0.2, 0) is 14.3 Å². The Labute approximate surface area is 243 Å². The van der Waals surface area contributed by atoms with E-state index >= 15 is 0 Å². The minimum absolute atomic E-state index is 0.0465. The van der Waals surface area contributed by atoms with Crippen LogP contribution < -0.4 is 5.32 Å². The lowest BCUT2D eigenvalue weighted by molar-refractivity contribution is -0.513. The standard InChI is InChI=1S/C32H38F2N2O4S/c1-4-26(38)40-32(27(39)41-18-33)12-10-24-29(32,3)15-25(37)31-17-30(24,31)11-9-20-13-23(19(16-35)14-28(20,31)2)36-22-7-5-21(34)6-8-22/h5-8,13,16,24-25,35-37H,4,9-12,14-15,17-18H2,1-3H3/p+1/t24?,25-,28-,29-,30?,31?,32-/m0/s1. The maximum Gasteiger partial charge on any atom is 0.306 e. The molecule has 3 unspecified atom stereocenters. The van der Waals surface area contributed by atoms with Gasteiger partial charge in [0.2, 0.25) is 5.12 Å². The molecule has 0 aliphatic heterocycles. The Morgan fingerprint density at radius 2 is 1.98 bits per heavy atom. The summed E-state index contributed by atoms with van der Waals surface area (Å²) in [5.41, 5.74) is 0.689. The number of allylic oxidation sites excluding steroid dienone is 3. The number of carbonyl (C=O) groups excluding carboxylic acids is 2. The highest BCUT2D eigenvalue weighted by atomic mass is 32.2. The Balaban J connectivity index is 1.37. The van der Waals surface area contributed by atoms with E-state index in [0.717, 1.165) is 36.2 Å². The molecule has 5 aliphatic rings. The Morgan fingerprint density at radius 1 is 1.24 bits per heavy atom. The third kappa shape index (κ3) is 3.64. The van der Waals surface area contributed by atoms with Crippen LogP contribution in [0.5, 0.6) is 0 Å². The van der Waals surface area contributed by atoms with Crippen molar-refractivity contribution in [3.63, 3.8) is 0 Å². The predicted octanol–water partition coefficient (Wildman–Crippen LogP) is 5.49. The van der Waals surface area contributed by atoms with Gasteiger partial charge < -0.3 is 15.3 Å². The van der Waals surface area contributed by atoms with Gasteiger partial charge in [0.15, 0.2) is 5.60 Å². The zero-order chi connectivity index (χ0) is 29.4. The van der Waals surface area contributed by atoms with Gasteiger partial charge >= 0.3 is 5.97 Å². The van der Waals surface area contributed by atoms with E-state index in [1.165, 1.54) is 23.9 Å². The third-order valence-electron chi connectivity index (χ3n) is 11.9. The highest BCUT2D eigenvalue weighted by molar-refractivity contribution is 8.13. The Kier molecular flexibility index (Phi) is 6.71. The summed E-state index contributed by atoms with van der Waals surface area (Å²) in [6.07, 6.45) is 7.42. The molecule has 9 heteroatoms. The van der Waals surface area contributed by atoms with Crippen LogP contribution in [0.15, 0.2) is 47.2 Å². The highest BCUT2D eigenvalue weighted by Gasteiger charge is 2.88. The highest BCUT2D eigenvalue weighted by Crippen LogP contribution is 2.90. The third-order valence-corrected chi connectivity index (χ3v) is 12.6. The molecule has 0 aromatic heterocycles. The number of carbonyl (C=O) groups is 2. The first-order chi connectivity index (χ1) is 19.5. The van der Waals surface area contributed by atoms with Crippen LogP contribution >= 0.6 is 11.8 Å². The zero-order valence-corrected chi connectivity index (χ0v) is 24.7. The summed E-state index contributed by atoms with van der Waals surface area (Å²) >= 11 is 0.569. The molecule has 0 amide bonds. The molecule has 0 radical (unpaired) electrons. The molecule has 0 bridgehead atoms. The van der Waals surface area contributed by atoms with Crippen molar-refractivity contribution in [1.82, 2.24) is 0 Å². The molecule has 1 aromatic carbocycles. The summed E-state index contributed by atoms with van der Waals surface area (Å²) in [6, 6.07) is 5.44. The Hall–Kier alpha value is -2.36. The first-order valence-electron chi connectivity index (χ1n) is 14.6. The average molecular weight is 586 g/mol. The summed E-state index contributed by atoms with van der Waals surface area (Å²) in [4.78, 5) is 26.2. The first-order valence-corrected chi connectivity index (χ1v) is 15.6. The fraction of sp³-hybridized carbons (Fsp3) is 0.594. The van der Waals surface area contributed by atoms with Gasteiger partial charge in [0.25, 0.3) is 0 Å². The van der Waals surface area contributed by atoms with Gasteiger partial charge in [0, 0.05) is 46.6 Å². The van der Waals surface area contributed by atoms with Crippen molar-refractivity contribution in [3.8, 4) is 0 Å². The number of aliphatic hydroxyl groups is 1. The maximum atomic E-state index is 13.5. The van der Waals surface area contributed by atoms with Crippen LogP contribution in [0.25, 0.3) is 0 Å². The lowest BCUT2D eigenvalue weighted by Crippen LogP contribution is -2.76. The van der Waals surface area contributed by atoms with Crippen molar-refractivity contribution in [2.45, 2.75) is 83.8 Å². The predicted molar refractivity (Wildman–Crippen MR) is 152 cm³/mol. The number of hydrogen-bond acceptors (Lipinski definition) is 6. The van der Waals surface area contributed by atoms with Gasteiger partial charge in [0.1, 0.15) is 23.2 Å². The van der Waals surface area contributed by atoms with E-state index in [9.17, 15) is 23.5 Å². The summed E-state index contributed by atoms with van der Waals surface area (Å²) in [5.74, 6) is -0.721. The molecule has 4 N–H and O–H groups in total. The number of halogens is 2. The number of fused-ring (bicyclic) bond motifs is 2. The molecule has 0 saturated heterocycles. The van der Waals surface area contributed by atoms with Gasteiger partial charge in [0.05, 0.1) is 6.10 Å². The van der Waals surface area contributed by atoms with E-state index in [0.29, 0.717) is 37.4 Å². The Bertz CT molecular complexity index is 1380. The summed E-state index contributed by atoms with van der Waals surface area (Å²) in [5, 5.41) is 22.0. The number of benzene rings is 1. The van der Waals surface area contributed by atoms with Gasteiger partial charge in [-0.2, -0.15) is 0 Å². The topological polar surface area (TPSA) is 104 Å². The number of ether oxygens (including phenoxy) is 1. The summed E-state index contributed by atoms with van der Waals surface area (Å²) < 4.78 is 33.0. The normalized spacial score (nSPS) is 40.5. The van der Waals surface area contributed by atoms with E-state index in [-0.39, 0.29) is 29.0 Å². The monoisotopic (exact) mass is 585 g/mol. The molecule has 4 fully saturated rings. The van der Waals surface area contributed by atoms with Crippen molar-refractivity contribution in [3.05, 3.63) is 53.0 Å². The molecule has 4 saturated carbocycles. The number of nitrogens with two attached hydrogens (primary N) is 1. The van der Waals surface area contributed by atoms with Gasteiger partial charge in [-0.25, -0.2) is 8.78 Å². The second-order valence-corrected chi connectivity index (χ2v) is 14.1. The van der Waals surface area contributed by atoms with Crippen molar-refractivity contribution >= 4 is 34.7 Å². The molecule has 41 heavy (non-hydrogen) atoms. The number of alkyl halides is 1. The van der Waals surface area contributed by atoms with Crippen LogP contribution in [-0.4, -0.2) is 40.1 Å². The minimum Gasteiger partial charge on any atom is -0.449 e.